The van der Waals surface area contributed by atoms with E-state index in [1.807, 2.05) is 62.4 Å². The molecule has 1 aliphatic heterocycles. The van der Waals surface area contributed by atoms with Gasteiger partial charge in [-0.2, -0.15) is 0 Å². The number of imide groups is 1. The van der Waals surface area contributed by atoms with E-state index in [1.165, 1.54) is 4.90 Å². The lowest BCUT2D eigenvalue weighted by Crippen LogP contribution is -2.28. The highest BCUT2D eigenvalue weighted by Crippen LogP contribution is 2.36. The first kappa shape index (κ1) is 16.3. The summed E-state index contributed by atoms with van der Waals surface area (Å²) in [7, 11) is 0. The molecule has 120 valence electrons. The first-order valence-electron chi connectivity index (χ1n) is 7.64. The Balaban J connectivity index is 1.85. The van der Waals surface area contributed by atoms with E-state index >= 15 is 0 Å². The van der Waals surface area contributed by atoms with Crippen molar-refractivity contribution in [1.29, 1.82) is 0 Å². The minimum atomic E-state index is -0.267. The van der Waals surface area contributed by atoms with Crippen molar-refractivity contribution in [2.24, 2.45) is 0 Å². The molecule has 1 fully saturated rings. The molecule has 0 saturated carbocycles. The van der Waals surface area contributed by atoms with Gasteiger partial charge in [0.1, 0.15) is 0 Å². The number of hydrogen-bond acceptors (Lipinski definition) is 3. The zero-order valence-electron chi connectivity index (χ0n) is 13.5. The van der Waals surface area contributed by atoms with Gasteiger partial charge in [0.25, 0.3) is 11.1 Å². The van der Waals surface area contributed by atoms with Gasteiger partial charge in [-0.1, -0.05) is 54.6 Å². The summed E-state index contributed by atoms with van der Waals surface area (Å²) in [6.45, 7) is 3.89. The van der Waals surface area contributed by atoms with Gasteiger partial charge in [0.05, 0.1) is 10.6 Å². The molecule has 2 amide bonds. The number of thioether (sulfide) groups is 1. The summed E-state index contributed by atoms with van der Waals surface area (Å²) in [5.41, 5.74) is 3.70. The summed E-state index contributed by atoms with van der Waals surface area (Å²) in [5.74, 6) is -0.267. The van der Waals surface area contributed by atoms with Crippen LogP contribution >= 0.6 is 11.8 Å². The Kier molecular flexibility index (Phi) is 4.67. The minimum Gasteiger partial charge on any atom is -0.268 e. The SMILES string of the molecule is Cc1cccc(N2C(=O)S/C(=C\C=C\c3ccccc3)C2=O)c1C. The molecule has 0 aliphatic carbocycles. The van der Waals surface area contributed by atoms with Crippen molar-refractivity contribution in [3.05, 3.63) is 82.3 Å². The van der Waals surface area contributed by atoms with Gasteiger partial charge in [0.15, 0.2) is 0 Å². The molecule has 3 nitrogen and oxygen atoms in total. The predicted molar refractivity (Wildman–Crippen MR) is 99.9 cm³/mol. The maximum absolute atomic E-state index is 12.6. The first-order chi connectivity index (χ1) is 11.6. The molecule has 0 aromatic heterocycles. The number of aryl methyl sites for hydroxylation is 1. The quantitative estimate of drug-likeness (QED) is 0.732. The number of carbonyl (C=O) groups is 2. The van der Waals surface area contributed by atoms with Crippen molar-refractivity contribution in [2.75, 3.05) is 4.90 Å². The fourth-order valence-corrected chi connectivity index (χ4v) is 3.26. The van der Waals surface area contributed by atoms with Gasteiger partial charge in [-0.3, -0.25) is 9.59 Å². The van der Waals surface area contributed by atoms with Gasteiger partial charge in [0, 0.05) is 0 Å². The van der Waals surface area contributed by atoms with Gasteiger partial charge in [-0.05, 0) is 54.4 Å². The molecule has 1 aliphatic rings. The molecule has 0 unspecified atom stereocenters. The largest absolute Gasteiger partial charge is 0.298 e. The van der Waals surface area contributed by atoms with E-state index in [4.69, 9.17) is 0 Å². The lowest BCUT2D eigenvalue weighted by molar-refractivity contribution is -0.113. The third kappa shape index (κ3) is 3.19. The van der Waals surface area contributed by atoms with Crippen molar-refractivity contribution in [3.8, 4) is 0 Å². The number of rotatable bonds is 3. The second-order valence-electron chi connectivity index (χ2n) is 5.53. The van der Waals surface area contributed by atoms with E-state index in [-0.39, 0.29) is 11.1 Å². The van der Waals surface area contributed by atoms with Crippen molar-refractivity contribution in [2.45, 2.75) is 13.8 Å². The second-order valence-corrected chi connectivity index (χ2v) is 6.52. The lowest BCUT2D eigenvalue weighted by Gasteiger charge is -2.16. The third-order valence-electron chi connectivity index (χ3n) is 3.95. The standard InChI is InChI=1S/C20H17NO2S/c1-14-8-6-12-17(15(14)2)21-19(22)18(24-20(21)23)13-7-11-16-9-4-3-5-10-16/h3-13H,1-2H3/b11-7+,18-13-. The van der Waals surface area contributed by atoms with Crippen LogP contribution in [0, 0.1) is 13.8 Å². The molecule has 4 heteroatoms. The van der Waals surface area contributed by atoms with Crippen molar-refractivity contribution in [3.63, 3.8) is 0 Å². The maximum atomic E-state index is 12.6. The van der Waals surface area contributed by atoms with Crippen molar-refractivity contribution < 1.29 is 9.59 Å². The highest BCUT2D eigenvalue weighted by Gasteiger charge is 2.36. The fraction of sp³-hybridized carbons (Fsp3) is 0.100. The Morgan fingerprint density at radius 1 is 0.958 bits per heavy atom. The van der Waals surface area contributed by atoms with Crippen molar-refractivity contribution in [1.82, 2.24) is 0 Å². The molecule has 0 spiro atoms. The number of allylic oxidation sites excluding steroid dienone is 2. The Morgan fingerprint density at radius 3 is 2.46 bits per heavy atom. The summed E-state index contributed by atoms with van der Waals surface area (Å²) < 4.78 is 0. The van der Waals surface area contributed by atoms with Crippen LogP contribution in [0.15, 0.2) is 65.6 Å². The maximum Gasteiger partial charge on any atom is 0.298 e. The van der Waals surface area contributed by atoms with Crippen LogP contribution in [-0.4, -0.2) is 11.1 Å². The molecule has 0 atom stereocenters. The molecule has 0 radical (unpaired) electrons. The predicted octanol–water partition coefficient (Wildman–Crippen LogP) is 5.10. The van der Waals surface area contributed by atoms with Gasteiger partial charge in [0.2, 0.25) is 0 Å². The molecule has 3 rings (SSSR count). The van der Waals surface area contributed by atoms with E-state index in [0.29, 0.717) is 10.6 Å². The normalized spacial score (nSPS) is 16.6. The molecule has 2 aromatic carbocycles. The van der Waals surface area contributed by atoms with E-state index in [0.717, 1.165) is 28.5 Å². The Hall–Kier alpha value is -2.59. The van der Waals surface area contributed by atoms with Gasteiger partial charge in [-0.15, -0.1) is 0 Å². The summed E-state index contributed by atoms with van der Waals surface area (Å²) >= 11 is 0.974. The highest BCUT2D eigenvalue weighted by molar-refractivity contribution is 8.18. The smallest absolute Gasteiger partial charge is 0.268 e. The Labute approximate surface area is 145 Å². The average Bonchev–Trinajstić information content (AvgIpc) is 2.86. The summed E-state index contributed by atoms with van der Waals surface area (Å²) in [6.07, 6.45) is 5.41. The lowest BCUT2D eigenvalue weighted by atomic mass is 10.1. The Morgan fingerprint density at radius 2 is 1.71 bits per heavy atom. The molecule has 0 N–H and O–H groups in total. The van der Waals surface area contributed by atoms with E-state index in [1.54, 1.807) is 18.2 Å². The summed E-state index contributed by atoms with van der Waals surface area (Å²) in [6, 6.07) is 15.4. The zero-order chi connectivity index (χ0) is 17.1. The van der Waals surface area contributed by atoms with E-state index < -0.39 is 0 Å². The number of carbonyl (C=O) groups excluding carboxylic acids is 2. The average molecular weight is 335 g/mol. The molecule has 24 heavy (non-hydrogen) atoms. The number of hydrogen-bond donors (Lipinski definition) is 0. The van der Waals surface area contributed by atoms with E-state index in [9.17, 15) is 9.59 Å². The van der Waals surface area contributed by atoms with Crippen LogP contribution in [-0.2, 0) is 4.79 Å². The Bertz CT molecular complexity index is 853. The summed E-state index contributed by atoms with van der Waals surface area (Å²) in [5, 5.41) is -0.256. The molecule has 2 aromatic rings. The molecular formula is C20H17NO2S. The molecule has 1 saturated heterocycles. The van der Waals surface area contributed by atoms with Crippen LogP contribution in [0.1, 0.15) is 16.7 Å². The number of amides is 2. The van der Waals surface area contributed by atoms with Crippen LogP contribution in [0.25, 0.3) is 6.08 Å². The van der Waals surface area contributed by atoms with Gasteiger partial charge < -0.3 is 0 Å². The topological polar surface area (TPSA) is 37.4 Å². The number of benzene rings is 2. The van der Waals surface area contributed by atoms with E-state index in [2.05, 4.69) is 0 Å². The molecular weight excluding hydrogens is 318 g/mol. The summed E-state index contributed by atoms with van der Waals surface area (Å²) in [4.78, 5) is 26.6. The third-order valence-corrected chi connectivity index (χ3v) is 4.83. The number of nitrogens with zero attached hydrogens (tertiary/aromatic N) is 1. The van der Waals surface area contributed by atoms with Crippen LogP contribution in [0.2, 0.25) is 0 Å². The van der Waals surface area contributed by atoms with Crippen LogP contribution in [0.3, 0.4) is 0 Å². The second kappa shape index (κ2) is 6.89. The minimum absolute atomic E-state index is 0.256. The van der Waals surface area contributed by atoms with Crippen LogP contribution in [0.5, 0.6) is 0 Å². The highest BCUT2D eigenvalue weighted by atomic mass is 32.2. The van der Waals surface area contributed by atoms with Gasteiger partial charge >= 0.3 is 0 Å². The zero-order valence-corrected chi connectivity index (χ0v) is 14.3. The van der Waals surface area contributed by atoms with Crippen LogP contribution in [0.4, 0.5) is 10.5 Å². The monoisotopic (exact) mass is 335 g/mol. The fourth-order valence-electron chi connectivity index (χ4n) is 2.48. The molecule has 0 bridgehead atoms. The van der Waals surface area contributed by atoms with Crippen molar-refractivity contribution >= 4 is 34.7 Å². The number of anilines is 1. The molecule has 1 heterocycles. The van der Waals surface area contributed by atoms with Crippen LogP contribution < -0.4 is 4.90 Å². The van der Waals surface area contributed by atoms with Gasteiger partial charge in [-0.25, -0.2) is 4.90 Å². The first-order valence-corrected chi connectivity index (χ1v) is 8.45.